The predicted octanol–water partition coefficient (Wildman–Crippen LogP) is 2.56. The molecule has 1 amide bonds. The van der Waals surface area contributed by atoms with Crippen molar-refractivity contribution in [3.8, 4) is 5.75 Å². The van der Waals surface area contributed by atoms with Crippen molar-refractivity contribution in [2.45, 2.75) is 11.8 Å². The van der Waals surface area contributed by atoms with Crippen LogP contribution in [0.1, 0.15) is 17.3 Å². The maximum absolute atomic E-state index is 12.8. The molecule has 0 aromatic heterocycles. The summed E-state index contributed by atoms with van der Waals surface area (Å²) in [6.07, 6.45) is 0. The van der Waals surface area contributed by atoms with E-state index in [1.165, 1.54) is 34.6 Å². The summed E-state index contributed by atoms with van der Waals surface area (Å²) in [7, 11) is -3.76. The molecule has 1 aliphatic heterocycles. The molecule has 0 atom stereocenters. The van der Waals surface area contributed by atoms with Crippen molar-refractivity contribution in [3.05, 3.63) is 53.1 Å². The highest BCUT2D eigenvalue weighted by Gasteiger charge is 2.27. The SMILES string of the molecule is CCOc1ccc(C(=O)OCC(=O)Nc2cc(S(=O)(=O)N3CCOCC3)ccc2Cl)cc1. The molecule has 0 aliphatic carbocycles. The first-order valence-corrected chi connectivity index (χ1v) is 11.7. The lowest BCUT2D eigenvalue weighted by Gasteiger charge is -2.26. The quantitative estimate of drug-likeness (QED) is 0.575. The number of ether oxygens (including phenoxy) is 3. The first-order valence-electron chi connectivity index (χ1n) is 9.88. The van der Waals surface area contributed by atoms with Crippen molar-refractivity contribution < 1.29 is 32.2 Å². The van der Waals surface area contributed by atoms with Crippen LogP contribution in [0.4, 0.5) is 5.69 Å². The largest absolute Gasteiger partial charge is 0.494 e. The van der Waals surface area contributed by atoms with Gasteiger partial charge in [0.15, 0.2) is 6.61 Å². The number of hydrogen-bond donors (Lipinski definition) is 1. The number of nitrogens with one attached hydrogen (secondary N) is 1. The summed E-state index contributed by atoms with van der Waals surface area (Å²) in [5.41, 5.74) is 0.362. The molecule has 1 N–H and O–H groups in total. The van der Waals surface area contributed by atoms with E-state index >= 15 is 0 Å². The monoisotopic (exact) mass is 482 g/mol. The van der Waals surface area contributed by atoms with Gasteiger partial charge in [-0.3, -0.25) is 4.79 Å². The molecule has 1 heterocycles. The van der Waals surface area contributed by atoms with Crippen LogP contribution in [0.15, 0.2) is 47.4 Å². The van der Waals surface area contributed by atoms with Gasteiger partial charge in [-0.1, -0.05) is 11.6 Å². The second-order valence-corrected chi connectivity index (χ2v) is 9.08. The van der Waals surface area contributed by atoms with E-state index in [-0.39, 0.29) is 34.3 Å². The minimum atomic E-state index is -3.76. The number of esters is 1. The van der Waals surface area contributed by atoms with Gasteiger partial charge >= 0.3 is 5.97 Å². The van der Waals surface area contributed by atoms with Gasteiger partial charge in [0, 0.05) is 13.1 Å². The topological polar surface area (TPSA) is 111 Å². The first-order chi connectivity index (χ1) is 15.3. The molecular weight excluding hydrogens is 460 g/mol. The third kappa shape index (κ3) is 5.98. The van der Waals surface area contributed by atoms with Gasteiger partial charge in [0.25, 0.3) is 5.91 Å². The van der Waals surface area contributed by atoms with Gasteiger partial charge in [-0.2, -0.15) is 4.31 Å². The van der Waals surface area contributed by atoms with Crippen molar-refractivity contribution >= 4 is 39.2 Å². The van der Waals surface area contributed by atoms with Crippen LogP contribution < -0.4 is 10.1 Å². The third-order valence-electron chi connectivity index (χ3n) is 4.56. The van der Waals surface area contributed by atoms with Gasteiger partial charge < -0.3 is 19.5 Å². The number of anilines is 1. The second kappa shape index (κ2) is 10.8. The van der Waals surface area contributed by atoms with E-state index in [2.05, 4.69) is 5.32 Å². The van der Waals surface area contributed by atoms with Crippen LogP contribution in [0.5, 0.6) is 5.75 Å². The van der Waals surface area contributed by atoms with E-state index in [4.69, 9.17) is 25.8 Å². The van der Waals surface area contributed by atoms with Crippen molar-refractivity contribution in [1.82, 2.24) is 4.31 Å². The Morgan fingerprint density at radius 1 is 1.12 bits per heavy atom. The summed E-state index contributed by atoms with van der Waals surface area (Å²) in [4.78, 5) is 24.4. The Hall–Kier alpha value is -2.66. The molecule has 0 radical (unpaired) electrons. The standard InChI is InChI=1S/C21H23ClN2O7S/c1-2-30-16-5-3-15(4-6-16)21(26)31-14-20(25)23-19-13-17(7-8-18(19)22)32(27,28)24-9-11-29-12-10-24/h3-8,13H,2,9-12,14H2,1H3,(H,23,25). The van der Waals surface area contributed by atoms with Crippen LogP contribution in [0, 0.1) is 0 Å². The minimum Gasteiger partial charge on any atom is -0.494 e. The molecular formula is C21H23ClN2O7S. The Bertz CT molecular complexity index is 1070. The summed E-state index contributed by atoms with van der Waals surface area (Å²) >= 11 is 6.11. The van der Waals surface area contributed by atoms with E-state index in [1.807, 2.05) is 6.92 Å². The molecule has 1 aliphatic rings. The lowest BCUT2D eigenvalue weighted by atomic mass is 10.2. The van der Waals surface area contributed by atoms with Crippen molar-refractivity contribution in [1.29, 1.82) is 0 Å². The first kappa shape index (κ1) is 24.0. The second-order valence-electron chi connectivity index (χ2n) is 6.74. The van der Waals surface area contributed by atoms with Crippen LogP contribution >= 0.6 is 11.6 Å². The Morgan fingerprint density at radius 3 is 2.47 bits per heavy atom. The van der Waals surface area contributed by atoms with Gasteiger partial charge in [-0.05, 0) is 49.4 Å². The molecule has 1 saturated heterocycles. The summed E-state index contributed by atoms with van der Waals surface area (Å²) in [5.74, 6) is -0.728. The van der Waals surface area contributed by atoms with Crippen LogP contribution in [-0.4, -0.2) is 64.1 Å². The number of sulfonamides is 1. The Balaban J connectivity index is 1.62. The third-order valence-corrected chi connectivity index (χ3v) is 6.78. The summed E-state index contributed by atoms with van der Waals surface area (Å²) < 4.78 is 42.4. The molecule has 0 bridgehead atoms. The fraction of sp³-hybridized carbons (Fsp3) is 0.333. The number of rotatable bonds is 8. The normalized spacial score (nSPS) is 14.6. The van der Waals surface area contributed by atoms with Gasteiger partial charge in [0.1, 0.15) is 5.75 Å². The molecule has 0 saturated carbocycles. The zero-order chi connectivity index (χ0) is 23.1. The maximum Gasteiger partial charge on any atom is 0.338 e. The maximum atomic E-state index is 12.8. The molecule has 2 aromatic rings. The molecule has 32 heavy (non-hydrogen) atoms. The highest BCUT2D eigenvalue weighted by molar-refractivity contribution is 7.89. The summed E-state index contributed by atoms with van der Waals surface area (Å²) in [5, 5.41) is 2.63. The van der Waals surface area contributed by atoms with Crippen LogP contribution in [0.25, 0.3) is 0 Å². The van der Waals surface area contributed by atoms with E-state index in [9.17, 15) is 18.0 Å². The number of nitrogens with zero attached hydrogens (tertiary/aromatic N) is 1. The van der Waals surface area contributed by atoms with Gasteiger partial charge in [0.2, 0.25) is 10.0 Å². The Labute approximate surface area is 191 Å². The lowest BCUT2D eigenvalue weighted by molar-refractivity contribution is -0.119. The van der Waals surface area contributed by atoms with Crippen molar-refractivity contribution in [2.75, 3.05) is 44.8 Å². The predicted molar refractivity (Wildman–Crippen MR) is 118 cm³/mol. The van der Waals surface area contributed by atoms with Gasteiger partial charge in [-0.15, -0.1) is 0 Å². The van der Waals surface area contributed by atoms with Crippen LogP contribution in [0.3, 0.4) is 0 Å². The molecule has 172 valence electrons. The zero-order valence-corrected chi connectivity index (χ0v) is 18.9. The van der Waals surface area contributed by atoms with Crippen molar-refractivity contribution in [3.63, 3.8) is 0 Å². The molecule has 0 spiro atoms. The average molecular weight is 483 g/mol. The van der Waals surface area contributed by atoms with E-state index in [1.54, 1.807) is 12.1 Å². The number of hydrogen-bond acceptors (Lipinski definition) is 7. The van der Waals surface area contributed by atoms with Crippen LogP contribution in [-0.2, 0) is 24.3 Å². The fourth-order valence-electron chi connectivity index (χ4n) is 2.95. The zero-order valence-electron chi connectivity index (χ0n) is 17.4. The lowest BCUT2D eigenvalue weighted by Crippen LogP contribution is -2.40. The van der Waals surface area contributed by atoms with E-state index < -0.39 is 28.5 Å². The minimum absolute atomic E-state index is 0.00881. The van der Waals surface area contributed by atoms with Crippen LogP contribution in [0.2, 0.25) is 5.02 Å². The number of amides is 1. The number of benzene rings is 2. The van der Waals surface area contributed by atoms with Gasteiger partial charge in [0.05, 0.1) is 41.0 Å². The van der Waals surface area contributed by atoms with Gasteiger partial charge in [-0.25, -0.2) is 13.2 Å². The highest BCUT2D eigenvalue weighted by atomic mass is 35.5. The highest BCUT2D eigenvalue weighted by Crippen LogP contribution is 2.27. The number of carbonyl (C=O) groups is 2. The van der Waals surface area contributed by atoms with E-state index in [0.717, 1.165) is 0 Å². The molecule has 9 nitrogen and oxygen atoms in total. The Kier molecular flexibility index (Phi) is 8.08. The molecule has 3 rings (SSSR count). The number of morpholine rings is 1. The Morgan fingerprint density at radius 2 is 1.81 bits per heavy atom. The average Bonchev–Trinajstić information content (AvgIpc) is 2.80. The smallest absolute Gasteiger partial charge is 0.338 e. The molecule has 1 fully saturated rings. The molecule has 11 heteroatoms. The van der Waals surface area contributed by atoms with Crippen molar-refractivity contribution in [2.24, 2.45) is 0 Å². The fourth-order valence-corrected chi connectivity index (χ4v) is 4.55. The molecule has 0 unspecified atom stereocenters. The number of halogens is 1. The summed E-state index contributed by atoms with van der Waals surface area (Å²) in [6, 6.07) is 10.3. The molecule has 2 aromatic carbocycles. The number of carbonyl (C=O) groups excluding carboxylic acids is 2. The van der Waals surface area contributed by atoms with E-state index in [0.29, 0.717) is 25.6 Å². The summed E-state index contributed by atoms with van der Waals surface area (Å²) in [6.45, 7) is 2.90.